The number of nitrogens with two attached hydrogens (primary N) is 1. The second-order valence-electron chi connectivity index (χ2n) is 7.25. The topological polar surface area (TPSA) is 166 Å². The molecule has 3 aromatic heterocycles. The Bertz CT molecular complexity index is 1030. The summed E-state index contributed by atoms with van der Waals surface area (Å²) in [7, 11) is 0. The van der Waals surface area contributed by atoms with Crippen molar-refractivity contribution in [2.75, 3.05) is 12.3 Å². The number of aromatic nitrogens is 6. The zero-order valence-corrected chi connectivity index (χ0v) is 16.4. The van der Waals surface area contributed by atoms with E-state index in [-0.39, 0.29) is 24.9 Å². The summed E-state index contributed by atoms with van der Waals surface area (Å²) in [4.78, 5) is 24.6. The molecule has 5 N–H and O–H groups in total. The van der Waals surface area contributed by atoms with Crippen LogP contribution in [-0.2, 0) is 17.8 Å². The van der Waals surface area contributed by atoms with Gasteiger partial charge in [0.1, 0.15) is 30.2 Å². The maximum Gasteiger partial charge on any atom is 0.254 e. The number of rotatable bonds is 6. The van der Waals surface area contributed by atoms with Crippen molar-refractivity contribution in [3.05, 3.63) is 30.6 Å². The number of anilines is 1. The van der Waals surface area contributed by atoms with E-state index >= 15 is 0 Å². The summed E-state index contributed by atoms with van der Waals surface area (Å²) < 4.78 is 9.09. The van der Waals surface area contributed by atoms with E-state index in [4.69, 9.17) is 10.5 Å². The number of fused-ring (bicyclic) bond motifs is 1. The number of aliphatic hydroxyl groups excluding tert-OH is 2. The van der Waals surface area contributed by atoms with Crippen molar-refractivity contribution in [2.24, 2.45) is 0 Å². The predicted molar refractivity (Wildman–Crippen MR) is 105 cm³/mol. The van der Waals surface area contributed by atoms with Crippen molar-refractivity contribution in [2.45, 2.75) is 50.8 Å². The fraction of sp³-hybridized carbons (Fsp3) is 0.500. The molecule has 0 saturated carbocycles. The van der Waals surface area contributed by atoms with E-state index in [0.717, 1.165) is 6.42 Å². The third-order valence-electron chi connectivity index (χ3n) is 5.11. The molecule has 1 saturated heterocycles. The van der Waals surface area contributed by atoms with Crippen molar-refractivity contribution in [3.63, 3.8) is 0 Å². The summed E-state index contributed by atoms with van der Waals surface area (Å²) >= 11 is 0. The molecule has 0 aromatic carbocycles. The molecule has 1 fully saturated rings. The van der Waals surface area contributed by atoms with Gasteiger partial charge < -0.3 is 30.6 Å². The van der Waals surface area contributed by atoms with Crippen LogP contribution in [0.25, 0.3) is 11.2 Å². The van der Waals surface area contributed by atoms with Gasteiger partial charge in [0.05, 0.1) is 37.3 Å². The van der Waals surface area contributed by atoms with Gasteiger partial charge in [-0.3, -0.25) is 9.48 Å². The van der Waals surface area contributed by atoms with E-state index < -0.39 is 24.4 Å². The number of nitrogens with zero attached hydrogens (tertiary/aromatic N) is 6. The minimum absolute atomic E-state index is 0.0380. The van der Waals surface area contributed by atoms with Gasteiger partial charge in [-0.15, -0.1) is 0 Å². The maximum atomic E-state index is 12.5. The summed E-state index contributed by atoms with van der Waals surface area (Å²) in [6, 6.07) is -0.758. The summed E-state index contributed by atoms with van der Waals surface area (Å²) in [6.45, 7) is 2.96. The lowest BCUT2D eigenvalue weighted by atomic mass is 9.97. The van der Waals surface area contributed by atoms with E-state index in [9.17, 15) is 15.0 Å². The van der Waals surface area contributed by atoms with Crippen LogP contribution in [0.4, 0.5) is 5.82 Å². The third-order valence-corrected chi connectivity index (χ3v) is 5.11. The minimum Gasteiger partial charge on any atom is -0.388 e. The Morgan fingerprint density at radius 3 is 2.97 bits per heavy atom. The summed E-state index contributed by atoms with van der Waals surface area (Å²) in [6.07, 6.45) is 3.70. The Morgan fingerprint density at radius 1 is 1.33 bits per heavy atom. The molecular formula is C18H24N8O4. The lowest BCUT2D eigenvalue weighted by Crippen LogP contribution is -2.59. The first-order valence-electron chi connectivity index (χ1n) is 9.70. The lowest BCUT2D eigenvalue weighted by molar-refractivity contribution is -0.152. The molecule has 4 heterocycles. The Hall–Kier alpha value is -3.09. The van der Waals surface area contributed by atoms with Crippen LogP contribution in [0.2, 0.25) is 0 Å². The summed E-state index contributed by atoms with van der Waals surface area (Å²) in [5.41, 5.74) is 7.25. The van der Waals surface area contributed by atoms with Crippen LogP contribution in [0, 0.1) is 0 Å². The van der Waals surface area contributed by atoms with Crippen LogP contribution >= 0.6 is 0 Å². The highest BCUT2D eigenvalue weighted by Gasteiger charge is 2.39. The van der Waals surface area contributed by atoms with Gasteiger partial charge in [-0.05, 0) is 6.42 Å². The zero-order chi connectivity index (χ0) is 21.3. The monoisotopic (exact) mass is 416 g/mol. The van der Waals surface area contributed by atoms with Gasteiger partial charge in [0, 0.05) is 12.7 Å². The van der Waals surface area contributed by atoms with E-state index in [2.05, 4.69) is 25.4 Å². The Kier molecular flexibility index (Phi) is 5.61. The summed E-state index contributed by atoms with van der Waals surface area (Å²) in [5.74, 6) is -0.127. The molecule has 1 amide bonds. The molecule has 4 atom stereocenters. The van der Waals surface area contributed by atoms with Crippen LogP contribution in [0.1, 0.15) is 23.7 Å². The highest BCUT2D eigenvalue weighted by atomic mass is 16.5. The van der Waals surface area contributed by atoms with Crippen molar-refractivity contribution in [3.8, 4) is 0 Å². The molecule has 0 spiro atoms. The molecule has 30 heavy (non-hydrogen) atoms. The molecule has 1 aliphatic rings. The smallest absolute Gasteiger partial charge is 0.254 e. The molecule has 1 aliphatic heterocycles. The zero-order valence-electron chi connectivity index (χ0n) is 16.4. The van der Waals surface area contributed by atoms with Crippen molar-refractivity contribution in [1.29, 1.82) is 0 Å². The van der Waals surface area contributed by atoms with Gasteiger partial charge in [0.15, 0.2) is 11.5 Å². The first-order chi connectivity index (χ1) is 14.5. The van der Waals surface area contributed by atoms with Gasteiger partial charge in [-0.2, -0.15) is 5.10 Å². The second kappa shape index (κ2) is 8.34. The van der Waals surface area contributed by atoms with Gasteiger partial charge in [-0.25, -0.2) is 15.0 Å². The fourth-order valence-electron chi connectivity index (χ4n) is 3.52. The number of nitrogen functional groups attached to an aromatic ring is 1. The standard InChI is InChI=1S/C18H24N8O4/c1-2-3-26-5-10(4-23-26)18(29)24-11-7-30-12(15(28)14(11)27)6-25-9-22-17-13(25)16(19)20-8-21-17/h4-5,8-9,11-12,14-15,27-28H,2-3,6-7H2,1H3,(H,24,29)(H2,19,20,21)/t11-,12-,14+,15-/m1/s1. The highest BCUT2D eigenvalue weighted by molar-refractivity contribution is 5.93. The van der Waals surface area contributed by atoms with E-state index in [0.29, 0.717) is 23.3 Å². The van der Waals surface area contributed by atoms with Crippen LogP contribution in [0.5, 0.6) is 0 Å². The molecule has 0 radical (unpaired) electrons. The van der Waals surface area contributed by atoms with Crippen LogP contribution in [-0.4, -0.2) is 76.4 Å². The first kappa shape index (κ1) is 20.2. The third kappa shape index (κ3) is 3.84. The largest absolute Gasteiger partial charge is 0.388 e. The Balaban J connectivity index is 1.41. The molecule has 12 nitrogen and oxygen atoms in total. The molecular weight excluding hydrogens is 392 g/mol. The Morgan fingerprint density at radius 2 is 2.17 bits per heavy atom. The van der Waals surface area contributed by atoms with Crippen LogP contribution in [0.3, 0.4) is 0 Å². The SMILES string of the molecule is CCCn1cc(C(=O)N[C@@H]2CO[C@H](Cn3cnc4ncnc(N)c43)[C@@H](O)[C@H]2O)cn1. The minimum atomic E-state index is -1.23. The van der Waals surface area contributed by atoms with E-state index in [1.807, 2.05) is 6.92 Å². The van der Waals surface area contributed by atoms with Crippen molar-refractivity contribution in [1.82, 2.24) is 34.6 Å². The number of nitrogens with one attached hydrogen (secondary N) is 1. The fourth-order valence-corrected chi connectivity index (χ4v) is 3.52. The van der Waals surface area contributed by atoms with Gasteiger partial charge in [-0.1, -0.05) is 6.92 Å². The number of carbonyl (C=O) groups excluding carboxylic acids is 1. The van der Waals surface area contributed by atoms with Crippen LogP contribution in [0.15, 0.2) is 25.0 Å². The molecule has 12 heteroatoms. The molecule has 0 unspecified atom stereocenters. The maximum absolute atomic E-state index is 12.5. The average Bonchev–Trinajstić information content (AvgIpc) is 3.36. The second-order valence-corrected chi connectivity index (χ2v) is 7.25. The number of aryl methyl sites for hydroxylation is 1. The first-order valence-corrected chi connectivity index (χ1v) is 9.70. The Labute approximate surface area is 171 Å². The normalized spacial score (nSPS) is 24.2. The van der Waals surface area contributed by atoms with E-state index in [1.54, 1.807) is 15.4 Å². The van der Waals surface area contributed by atoms with Gasteiger partial charge in [0.2, 0.25) is 0 Å². The highest BCUT2D eigenvalue weighted by Crippen LogP contribution is 2.21. The number of hydrogen-bond acceptors (Lipinski definition) is 9. The molecule has 160 valence electrons. The molecule has 0 aliphatic carbocycles. The van der Waals surface area contributed by atoms with Gasteiger partial charge >= 0.3 is 0 Å². The number of aliphatic hydroxyl groups is 2. The van der Waals surface area contributed by atoms with Crippen LogP contribution < -0.4 is 11.1 Å². The summed E-state index contributed by atoms with van der Waals surface area (Å²) in [5, 5.41) is 27.9. The van der Waals surface area contributed by atoms with Gasteiger partial charge in [0.25, 0.3) is 5.91 Å². The van der Waals surface area contributed by atoms with Crippen molar-refractivity contribution < 1.29 is 19.7 Å². The quantitative estimate of drug-likeness (QED) is 0.391. The number of carbonyl (C=O) groups is 1. The molecule has 0 bridgehead atoms. The number of amides is 1. The molecule has 4 rings (SSSR count). The predicted octanol–water partition coefficient (Wildman–Crippen LogP) is -1.07. The lowest BCUT2D eigenvalue weighted by Gasteiger charge is -2.38. The van der Waals surface area contributed by atoms with Crippen molar-refractivity contribution >= 4 is 22.9 Å². The number of hydrogen-bond donors (Lipinski definition) is 4. The number of imidazole rings is 1. The number of ether oxygens (including phenoxy) is 1. The molecule has 3 aromatic rings. The van der Waals surface area contributed by atoms with E-state index in [1.165, 1.54) is 18.9 Å². The average molecular weight is 416 g/mol.